The lowest BCUT2D eigenvalue weighted by Crippen LogP contribution is -2.37. The van der Waals surface area contributed by atoms with Crippen molar-refractivity contribution in [2.24, 2.45) is 5.92 Å². The van der Waals surface area contributed by atoms with Gasteiger partial charge in [0.05, 0.1) is 17.2 Å². The lowest BCUT2D eigenvalue weighted by molar-refractivity contribution is -0.151. The van der Waals surface area contributed by atoms with Gasteiger partial charge in [0.2, 0.25) is 0 Å². The standard InChI is InChI=1S/C30H24O7S/c31-28(37-26-13-14-27(38(33,34)35)21-10-4-3-9-20(21)26)15-16-36-30(32)25-17-24-18-7-1-5-11-22(18)29(25)23-12-6-2-8-19(23)24/h1-14,24-25,29H,15-17H2,(H,33,34,35)/p-1. The van der Waals surface area contributed by atoms with Crippen LogP contribution in [0.1, 0.15) is 46.9 Å². The van der Waals surface area contributed by atoms with Crippen LogP contribution in [0.2, 0.25) is 0 Å². The number of carbonyl (C=O) groups excluding carboxylic acids is 2. The molecule has 0 spiro atoms. The second-order valence-electron chi connectivity index (χ2n) is 9.58. The van der Waals surface area contributed by atoms with Crippen LogP contribution in [0.3, 0.4) is 0 Å². The highest BCUT2D eigenvalue weighted by atomic mass is 32.2. The van der Waals surface area contributed by atoms with Gasteiger partial charge in [-0.25, -0.2) is 8.42 Å². The van der Waals surface area contributed by atoms with E-state index in [1.807, 2.05) is 24.3 Å². The molecule has 0 saturated heterocycles. The maximum atomic E-state index is 13.2. The third-order valence-corrected chi connectivity index (χ3v) is 8.39. The Hall–Kier alpha value is -4.01. The highest BCUT2D eigenvalue weighted by molar-refractivity contribution is 7.86. The smallest absolute Gasteiger partial charge is 0.314 e. The van der Waals surface area contributed by atoms with Crippen molar-refractivity contribution < 1.29 is 32.0 Å². The summed E-state index contributed by atoms with van der Waals surface area (Å²) in [4.78, 5) is 25.4. The van der Waals surface area contributed by atoms with E-state index in [0.717, 1.165) is 17.2 Å². The number of esters is 2. The molecule has 0 aliphatic heterocycles. The van der Waals surface area contributed by atoms with Gasteiger partial charge in [0.25, 0.3) is 0 Å². The number of ether oxygens (including phenoxy) is 2. The van der Waals surface area contributed by atoms with Gasteiger partial charge in [-0.05, 0) is 40.8 Å². The maximum absolute atomic E-state index is 13.2. The second kappa shape index (κ2) is 9.38. The molecular formula is C30H23O7S-. The Bertz CT molecular complexity index is 1640. The van der Waals surface area contributed by atoms with Crippen LogP contribution in [0.4, 0.5) is 0 Å². The van der Waals surface area contributed by atoms with Crippen LogP contribution < -0.4 is 4.74 Å². The minimum Gasteiger partial charge on any atom is -0.744 e. The zero-order valence-corrected chi connectivity index (χ0v) is 21.0. The van der Waals surface area contributed by atoms with Crippen molar-refractivity contribution >= 4 is 32.8 Å². The molecule has 0 aromatic heterocycles. The van der Waals surface area contributed by atoms with Gasteiger partial charge in [-0.3, -0.25) is 9.59 Å². The first-order valence-corrected chi connectivity index (χ1v) is 13.8. The molecule has 4 aromatic rings. The van der Waals surface area contributed by atoms with Crippen molar-refractivity contribution in [1.82, 2.24) is 0 Å². The van der Waals surface area contributed by atoms with Crippen LogP contribution in [-0.2, 0) is 24.4 Å². The molecule has 2 bridgehead atoms. The average Bonchev–Trinajstić information content (AvgIpc) is 2.92. The second-order valence-corrected chi connectivity index (χ2v) is 10.9. The Morgan fingerprint density at radius 2 is 1.37 bits per heavy atom. The monoisotopic (exact) mass is 527 g/mol. The molecule has 38 heavy (non-hydrogen) atoms. The number of hydrogen-bond acceptors (Lipinski definition) is 7. The van der Waals surface area contributed by atoms with E-state index in [0.29, 0.717) is 11.8 Å². The molecule has 0 saturated carbocycles. The summed E-state index contributed by atoms with van der Waals surface area (Å²) in [6.07, 6.45) is 0.485. The zero-order valence-electron chi connectivity index (χ0n) is 20.2. The fourth-order valence-electron chi connectivity index (χ4n) is 5.93. The SMILES string of the molecule is O=C(CCOC(=O)C1CC2c3ccccc3C1c1ccccc12)Oc1ccc(S(=O)(=O)[O-])c2ccccc12. The van der Waals surface area contributed by atoms with Crippen molar-refractivity contribution in [2.45, 2.75) is 29.6 Å². The van der Waals surface area contributed by atoms with Crippen molar-refractivity contribution in [3.8, 4) is 5.75 Å². The van der Waals surface area contributed by atoms with Crippen molar-refractivity contribution in [3.05, 3.63) is 107 Å². The Morgan fingerprint density at radius 3 is 2.00 bits per heavy atom. The largest absolute Gasteiger partial charge is 0.744 e. The molecule has 1 atom stereocenters. The molecular weight excluding hydrogens is 504 g/mol. The summed E-state index contributed by atoms with van der Waals surface area (Å²) in [7, 11) is -4.70. The number of carbonyl (C=O) groups is 2. The molecule has 0 radical (unpaired) electrons. The minimum atomic E-state index is -4.70. The van der Waals surface area contributed by atoms with Gasteiger partial charge in [-0.15, -0.1) is 0 Å². The van der Waals surface area contributed by atoms with Crippen LogP contribution >= 0.6 is 0 Å². The lowest BCUT2D eigenvalue weighted by Gasteiger charge is -2.44. The summed E-state index contributed by atoms with van der Waals surface area (Å²) in [5.41, 5.74) is 4.82. The molecule has 3 aliphatic rings. The number of benzene rings is 4. The molecule has 0 heterocycles. The molecule has 0 amide bonds. The third kappa shape index (κ3) is 4.15. The zero-order chi connectivity index (χ0) is 26.4. The van der Waals surface area contributed by atoms with E-state index in [9.17, 15) is 22.6 Å². The molecule has 192 valence electrons. The van der Waals surface area contributed by atoms with Crippen molar-refractivity contribution in [2.75, 3.05) is 6.61 Å². The highest BCUT2D eigenvalue weighted by Crippen LogP contribution is 2.55. The Labute approximate surface area is 219 Å². The van der Waals surface area contributed by atoms with Gasteiger partial charge in [0.1, 0.15) is 22.5 Å². The Balaban J connectivity index is 1.14. The van der Waals surface area contributed by atoms with E-state index in [-0.39, 0.29) is 52.8 Å². The van der Waals surface area contributed by atoms with Crippen LogP contribution in [-0.4, -0.2) is 31.5 Å². The summed E-state index contributed by atoms with van der Waals surface area (Å²) < 4.78 is 45.8. The van der Waals surface area contributed by atoms with Gasteiger partial charge in [0, 0.05) is 22.6 Å². The van der Waals surface area contributed by atoms with E-state index < -0.39 is 16.1 Å². The van der Waals surface area contributed by atoms with Crippen LogP contribution in [0.5, 0.6) is 5.75 Å². The summed E-state index contributed by atoms with van der Waals surface area (Å²) in [5, 5.41) is 0.498. The van der Waals surface area contributed by atoms with Crippen molar-refractivity contribution in [1.29, 1.82) is 0 Å². The fourth-order valence-corrected chi connectivity index (χ4v) is 6.62. The van der Waals surface area contributed by atoms with E-state index in [4.69, 9.17) is 9.47 Å². The molecule has 1 unspecified atom stereocenters. The van der Waals surface area contributed by atoms with E-state index >= 15 is 0 Å². The van der Waals surface area contributed by atoms with E-state index in [1.165, 1.54) is 23.3 Å². The normalized spacial score (nSPS) is 19.4. The third-order valence-electron chi connectivity index (χ3n) is 7.50. The predicted molar refractivity (Wildman–Crippen MR) is 138 cm³/mol. The molecule has 4 aromatic carbocycles. The molecule has 0 N–H and O–H groups in total. The number of fused-ring (bicyclic) bond motifs is 2. The van der Waals surface area contributed by atoms with E-state index in [1.54, 1.807) is 18.2 Å². The Morgan fingerprint density at radius 1 is 0.789 bits per heavy atom. The maximum Gasteiger partial charge on any atom is 0.314 e. The van der Waals surface area contributed by atoms with Gasteiger partial charge in [-0.2, -0.15) is 0 Å². The summed E-state index contributed by atoms with van der Waals surface area (Å²) in [6.45, 7) is -0.139. The highest BCUT2D eigenvalue weighted by Gasteiger charge is 2.46. The van der Waals surface area contributed by atoms with Gasteiger partial charge >= 0.3 is 11.9 Å². The van der Waals surface area contributed by atoms with Crippen LogP contribution in [0.25, 0.3) is 10.8 Å². The number of hydrogen-bond donors (Lipinski definition) is 0. The van der Waals surface area contributed by atoms with Crippen LogP contribution in [0, 0.1) is 5.92 Å². The molecule has 0 fully saturated rings. The van der Waals surface area contributed by atoms with Crippen LogP contribution in [0.15, 0.2) is 89.8 Å². The first kappa shape index (κ1) is 24.3. The van der Waals surface area contributed by atoms with Gasteiger partial charge in [-0.1, -0.05) is 72.8 Å². The molecule has 7 rings (SSSR count). The average molecular weight is 528 g/mol. The molecule has 7 nitrogen and oxygen atoms in total. The molecule has 8 heteroatoms. The molecule has 3 aliphatic carbocycles. The first-order chi connectivity index (χ1) is 18.3. The first-order valence-electron chi connectivity index (χ1n) is 12.4. The summed E-state index contributed by atoms with van der Waals surface area (Å²) >= 11 is 0. The van der Waals surface area contributed by atoms with Crippen molar-refractivity contribution in [3.63, 3.8) is 0 Å². The predicted octanol–water partition coefficient (Wildman–Crippen LogP) is 4.88. The lowest BCUT2D eigenvalue weighted by atomic mass is 9.59. The van der Waals surface area contributed by atoms with Gasteiger partial charge < -0.3 is 14.0 Å². The minimum absolute atomic E-state index is 0.0889. The number of rotatable bonds is 6. The van der Waals surface area contributed by atoms with Gasteiger partial charge in [0.15, 0.2) is 0 Å². The summed E-state index contributed by atoms with van der Waals surface area (Å²) in [5.74, 6) is -1.15. The Kier molecular flexibility index (Phi) is 6.01. The quantitative estimate of drug-likeness (QED) is 0.200. The topological polar surface area (TPSA) is 110 Å². The fraction of sp³-hybridized carbons (Fsp3) is 0.200. The van der Waals surface area contributed by atoms with E-state index in [2.05, 4.69) is 24.3 Å². The summed E-state index contributed by atoms with van der Waals surface area (Å²) in [6, 6.07) is 25.1.